The number of hydrogen-bond donors (Lipinski definition) is 3. The van der Waals surface area contributed by atoms with Crippen LogP contribution in [0.25, 0.3) is 66.8 Å². The molecule has 10 rings (SSSR count). The van der Waals surface area contributed by atoms with Gasteiger partial charge in [0.1, 0.15) is 11.6 Å². The van der Waals surface area contributed by atoms with Gasteiger partial charge in [-0.2, -0.15) is 0 Å². The van der Waals surface area contributed by atoms with Gasteiger partial charge in [0.2, 0.25) is 5.91 Å². The number of pyridine rings is 4. The lowest BCUT2D eigenvalue weighted by atomic mass is 10.0. The lowest BCUT2D eigenvalue weighted by molar-refractivity contribution is -0.140. The average Bonchev–Trinajstić information content (AvgIpc) is 3.43. The van der Waals surface area contributed by atoms with E-state index in [1.807, 2.05) is 109 Å². The van der Waals surface area contributed by atoms with E-state index in [9.17, 15) is 9.59 Å². The van der Waals surface area contributed by atoms with Crippen molar-refractivity contribution in [1.29, 1.82) is 0 Å². The third-order valence-corrected chi connectivity index (χ3v) is 11.6. The molecule has 0 unspecified atom stereocenters. The standard InChI is InChI=1S/C29H25N5O2.C28H24N6O/c1-36-26(35)14-13-20-16-22(18-30-17-20)28-33-25-12-7-11-24(21-8-3-2-4-9-21)27(25)29(34-28)32-19-23-10-5-6-15-31-23;29-25(35)13-12-19-15-21(17-30-16-19)27-33-24-11-6-10-23(20-7-2-1-3-8-20)26(24)28(34-27)32-18-22-9-4-5-14-31-22/h2-12,15-18H,13-14,19H2,1H3,(H,32,33,34);1-11,14-17H,12-13,18H2,(H2,29,35)(H,32,33,34). The van der Waals surface area contributed by atoms with Crippen molar-refractivity contribution in [1.82, 2.24) is 39.9 Å². The van der Waals surface area contributed by atoms with Gasteiger partial charge in [0.25, 0.3) is 0 Å². The number of nitrogens with one attached hydrogen (secondary N) is 2. The number of primary amides is 1. The molecular formula is C57H49N11O3. The van der Waals surface area contributed by atoms with Crippen molar-refractivity contribution in [3.63, 3.8) is 0 Å². The first kappa shape index (κ1) is 46.8. The second kappa shape index (κ2) is 22.7. The molecule has 0 radical (unpaired) electrons. The summed E-state index contributed by atoms with van der Waals surface area (Å²) in [7, 11) is 1.39. The largest absolute Gasteiger partial charge is 0.469 e. The molecule has 0 spiro atoms. The van der Waals surface area contributed by atoms with E-state index >= 15 is 0 Å². The van der Waals surface area contributed by atoms with Crippen LogP contribution in [0.5, 0.6) is 0 Å². The number of anilines is 2. The van der Waals surface area contributed by atoms with E-state index in [4.69, 9.17) is 30.4 Å². The van der Waals surface area contributed by atoms with Gasteiger partial charge in [0, 0.05) is 61.1 Å². The summed E-state index contributed by atoms with van der Waals surface area (Å²) in [5, 5.41) is 8.86. The average molecular weight is 936 g/mol. The summed E-state index contributed by atoms with van der Waals surface area (Å²) in [4.78, 5) is 60.0. The number of nitrogens with two attached hydrogens (primary N) is 1. The number of benzene rings is 4. The van der Waals surface area contributed by atoms with Crippen molar-refractivity contribution in [2.45, 2.75) is 38.8 Å². The third kappa shape index (κ3) is 11.9. The molecule has 14 heteroatoms. The Morgan fingerprint density at radius 2 is 0.972 bits per heavy atom. The van der Waals surface area contributed by atoms with Crippen molar-refractivity contribution in [2.24, 2.45) is 5.73 Å². The first-order valence-electron chi connectivity index (χ1n) is 23.1. The summed E-state index contributed by atoms with van der Waals surface area (Å²) in [6, 6.07) is 48.2. The van der Waals surface area contributed by atoms with Gasteiger partial charge in [0.15, 0.2) is 11.6 Å². The number of carbonyl (C=O) groups excluding carboxylic acids is 2. The monoisotopic (exact) mass is 935 g/mol. The molecule has 0 saturated heterocycles. The zero-order chi connectivity index (χ0) is 48.8. The fourth-order valence-electron chi connectivity index (χ4n) is 8.06. The SMILES string of the molecule is COC(=O)CCc1cncc(-c2nc(NCc3ccccn3)c3c(-c4ccccc4)cccc3n2)c1.NC(=O)CCc1cncc(-c2nc(NCc3ccccn3)c3c(-c4ccccc4)cccc3n2)c1. The summed E-state index contributed by atoms with van der Waals surface area (Å²) in [5.41, 5.74) is 16.4. The van der Waals surface area contributed by atoms with E-state index in [0.717, 1.165) is 89.3 Å². The number of aryl methyl sites for hydroxylation is 2. The number of methoxy groups -OCH3 is 1. The van der Waals surface area contributed by atoms with Crippen LogP contribution in [0.1, 0.15) is 35.4 Å². The Labute approximate surface area is 410 Å². The predicted octanol–water partition coefficient (Wildman–Crippen LogP) is 10.3. The Morgan fingerprint density at radius 1 is 0.507 bits per heavy atom. The molecule has 71 heavy (non-hydrogen) atoms. The Balaban J connectivity index is 0.000000176. The van der Waals surface area contributed by atoms with Gasteiger partial charge in [-0.05, 0) is 94.8 Å². The fourth-order valence-corrected chi connectivity index (χ4v) is 8.06. The molecule has 6 aromatic heterocycles. The van der Waals surface area contributed by atoms with E-state index in [2.05, 4.69) is 67.0 Å². The van der Waals surface area contributed by atoms with Crippen molar-refractivity contribution in [2.75, 3.05) is 17.7 Å². The van der Waals surface area contributed by atoms with Crippen molar-refractivity contribution < 1.29 is 14.3 Å². The Morgan fingerprint density at radius 3 is 1.41 bits per heavy atom. The van der Waals surface area contributed by atoms with Gasteiger partial charge in [-0.1, -0.05) is 97.1 Å². The minimum atomic E-state index is -0.341. The minimum absolute atomic E-state index is 0.253. The van der Waals surface area contributed by atoms with Crippen LogP contribution in [0.3, 0.4) is 0 Å². The highest BCUT2D eigenvalue weighted by molar-refractivity contribution is 6.03. The Bertz CT molecular complexity index is 3420. The number of amides is 1. The molecule has 0 aliphatic carbocycles. The van der Waals surface area contributed by atoms with Crippen LogP contribution >= 0.6 is 0 Å². The van der Waals surface area contributed by atoms with E-state index in [1.165, 1.54) is 7.11 Å². The molecule has 0 aliphatic heterocycles. The number of esters is 1. The summed E-state index contributed by atoms with van der Waals surface area (Å²) in [5.74, 6) is 1.96. The van der Waals surface area contributed by atoms with Gasteiger partial charge in [-0.3, -0.25) is 29.5 Å². The van der Waals surface area contributed by atoms with Crippen LogP contribution in [0.15, 0.2) is 183 Å². The molecular weight excluding hydrogens is 887 g/mol. The highest BCUT2D eigenvalue weighted by Gasteiger charge is 2.17. The predicted molar refractivity (Wildman–Crippen MR) is 277 cm³/mol. The molecule has 0 saturated carbocycles. The van der Waals surface area contributed by atoms with Crippen molar-refractivity contribution in [3.05, 3.63) is 205 Å². The Kier molecular flexibility index (Phi) is 14.9. The maximum absolute atomic E-state index is 11.6. The lowest BCUT2D eigenvalue weighted by Crippen LogP contribution is -2.11. The molecule has 14 nitrogen and oxygen atoms in total. The summed E-state index contributed by atoms with van der Waals surface area (Å²) in [6.07, 6.45) is 12.1. The maximum Gasteiger partial charge on any atom is 0.305 e. The van der Waals surface area contributed by atoms with Gasteiger partial charge >= 0.3 is 5.97 Å². The second-order valence-electron chi connectivity index (χ2n) is 16.5. The number of hydrogen-bond acceptors (Lipinski definition) is 13. The quantitative estimate of drug-likeness (QED) is 0.0775. The van der Waals surface area contributed by atoms with Gasteiger partial charge < -0.3 is 21.1 Å². The molecule has 0 fully saturated rings. The van der Waals surface area contributed by atoms with Crippen molar-refractivity contribution >= 4 is 45.3 Å². The zero-order valence-electron chi connectivity index (χ0n) is 38.9. The van der Waals surface area contributed by atoms with Crippen LogP contribution < -0.4 is 16.4 Å². The van der Waals surface area contributed by atoms with Crippen LogP contribution in [0, 0.1) is 0 Å². The van der Waals surface area contributed by atoms with Crippen LogP contribution in [-0.2, 0) is 40.3 Å². The highest BCUT2D eigenvalue weighted by Crippen LogP contribution is 2.36. The molecule has 4 N–H and O–H groups in total. The molecule has 0 aliphatic rings. The molecule has 10 aromatic rings. The van der Waals surface area contributed by atoms with E-state index in [0.29, 0.717) is 37.6 Å². The van der Waals surface area contributed by atoms with Crippen LogP contribution in [0.4, 0.5) is 11.6 Å². The third-order valence-electron chi connectivity index (χ3n) is 11.6. The van der Waals surface area contributed by atoms with Gasteiger partial charge in [-0.25, -0.2) is 19.9 Å². The smallest absolute Gasteiger partial charge is 0.305 e. The topological polar surface area (TPSA) is 197 Å². The number of ether oxygens (including phenoxy) is 1. The van der Waals surface area contributed by atoms with Gasteiger partial charge in [-0.15, -0.1) is 0 Å². The number of rotatable bonds is 16. The minimum Gasteiger partial charge on any atom is -0.469 e. The molecule has 0 atom stereocenters. The summed E-state index contributed by atoms with van der Waals surface area (Å²) < 4.78 is 4.76. The number of fused-ring (bicyclic) bond motifs is 2. The van der Waals surface area contributed by atoms with Crippen LogP contribution in [-0.4, -0.2) is 58.9 Å². The number of nitrogens with zero attached hydrogens (tertiary/aromatic N) is 8. The normalized spacial score (nSPS) is 10.8. The first-order valence-corrected chi connectivity index (χ1v) is 23.1. The molecule has 1 amide bonds. The van der Waals surface area contributed by atoms with E-state index in [-0.39, 0.29) is 24.7 Å². The molecule has 6 heterocycles. The first-order chi connectivity index (χ1) is 34.9. The molecule has 350 valence electrons. The van der Waals surface area contributed by atoms with E-state index < -0.39 is 0 Å². The van der Waals surface area contributed by atoms with Crippen LogP contribution in [0.2, 0.25) is 0 Å². The summed E-state index contributed by atoms with van der Waals surface area (Å²) >= 11 is 0. The highest BCUT2D eigenvalue weighted by atomic mass is 16.5. The summed E-state index contributed by atoms with van der Waals surface area (Å²) in [6.45, 7) is 1.04. The lowest BCUT2D eigenvalue weighted by Gasteiger charge is -2.14. The number of aromatic nitrogens is 8. The molecule has 4 aromatic carbocycles. The van der Waals surface area contributed by atoms with Gasteiger partial charge in [0.05, 0.1) is 53.4 Å². The zero-order valence-corrected chi connectivity index (χ0v) is 38.9. The van der Waals surface area contributed by atoms with E-state index in [1.54, 1.807) is 37.2 Å². The maximum atomic E-state index is 11.6. The second-order valence-corrected chi connectivity index (χ2v) is 16.5. The Hall–Kier alpha value is -9.30. The number of carbonyl (C=O) groups is 2. The molecule has 0 bridgehead atoms. The van der Waals surface area contributed by atoms with Crippen molar-refractivity contribution in [3.8, 4) is 45.0 Å². The fraction of sp³-hybridized carbons (Fsp3) is 0.123.